The van der Waals surface area contributed by atoms with Gasteiger partial charge in [-0.3, -0.25) is 0 Å². The van der Waals surface area contributed by atoms with E-state index in [-0.39, 0.29) is 0 Å². The van der Waals surface area contributed by atoms with Crippen molar-refractivity contribution in [2.75, 3.05) is 13.2 Å². The van der Waals surface area contributed by atoms with Crippen LogP contribution in [0.5, 0.6) is 0 Å². The number of hydrogen-bond donors (Lipinski definition) is 1. The summed E-state index contributed by atoms with van der Waals surface area (Å²) in [6.45, 7) is 2.26. The fraction of sp³-hybridized carbons (Fsp3) is 0.538. The van der Waals surface area contributed by atoms with E-state index in [0.717, 1.165) is 36.6 Å². The summed E-state index contributed by atoms with van der Waals surface area (Å²) in [5.41, 5.74) is 6.55. The average Bonchev–Trinajstić information content (AvgIpc) is 2.28. The standard InChI is InChI=1S/C13H20ClNO/c14-13-7-5-6-12(10-13)11-16-9-4-2-1-3-8-15/h5-7,10H,1-4,8-9,11,15H2. The summed E-state index contributed by atoms with van der Waals surface area (Å²) < 4.78 is 5.57. The first-order chi connectivity index (χ1) is 7.83. The third-order valence-corrected chi connectivity index (χ3v) is 2.64. The zero-order valence-electron chi connectivity index (χ0n) is 9.62. The Hall–Kier alpha value is -0.570. The molecule has 0 amide bonds. The van der Waals surface area contributed by atoms with Gasteiger partial charge in [-0.25, -0.2) is 0 Å². The van der Waals surface area contributed by atoms with E-state index in [1.54, 1.807) is 0 Å². The van der Waals surface area contributed by atoms with Crippen molar-refractivity contribution in [3.05, 3.63) is 34.9 Å². The summed E-state index contributed by atoms with van der Waals surface area (Å²) in [4.78, 5) is 0. The molecule has 0 aliphatic heterocycles. The van der Waals surface area contributed by atoms with Crippen LogP contribution in [-0.2, 0) is 11.3 Å². The van der Waals surface area contributed by atoms with E-state index in [2.05, 4.69) is 0 Å². The fourth-order valence-corrected chi connectivity index (χ4v) is 1.73. The molecule has 1 aromatic carbocycles. The minimum Gasteiger partial charge on any atom is -0.377 e. The predicted octanol–water partition coefficient (Wildman–Crippen LogP) is 3.38. The molecule has 0 aromatic heterocycles. The maximum absolute atomic E-state index is 5.87. The Balaban J connectivity index is 2.03. The van der Waals surface area contributed by atoms with Crippen LogP contribution in [0.25, 0.3) is 0 Å². The van der Waals surface area contributed by atoms with Crippen molar-refractivity contribution in [2.45, 2.75) is 32.3 Å². The van der Waals surface area contributed by atoms with Gasteiger partial charge in [0.25, 0.3) is 0 Å². The maximum atomic E-state index is 5.87. The second-order valence-corrected chi connectivity index (χ2v) is 4.32. The normalized spacial score (nSPS) is 10.6. The lowest BCUT2D eigenvalue weighted by atomic mass is 10.2. The molecule has 0 bridgehead atoms. The van der Waals surface area contributed by atoms with Crippen molar-refractivity contribution in [2.24, 2.45) is 5.73 Å². The fourth-order valence-electron chi connectivity index (χ4n) is 1.52. The summed E-state index contributed by atoms with van der Waals surface area (Å²) >= 11 is 5.87. The number of benzene rings is 1. The van der Waals surface area contributed by atoms with Crippen molar-refractivity contribution < 1.29 is 4.74 Å². The molecule has 0 saturated carbocycles. The average molecular weight is 242 g/mol. The van der Waals surface area contributed by atoms with Gasteiger partial charge < -0.3 is 10.5 Å². The molecule has 0 unspecified atom stereocenters. The van der Waals surface area contributed by atoms with Crippen molar-refractivity contribution >= 4 is 11.6 Å². The van der Waals surface area contributed by atoms with E-state index >= 15 is 0 Å². The van der Waals surface area contributed by atoms with Gasteiger partial charge in [-0.15, -0.1) is 0 Å². The Morgan fingerprint density at radius 3 is 2.69 bits per heavy atom. The SMILES string of the molecule is NCCCCCCOCc1cccc(Cl)c1. The first-order valence-electron chi connectivity index (χ1n) is 5.85. The second-order valence-electron chi connectivity index (χ2n) is 3.89. The predicted molar refractivity (Wildman–Crippen MR) is 68.6 cm³/mol. The van der Waals surface area contributed by atoms with Crippen LogP contribution < -0.4 is 5.73 Å². The van der Waals surface area contributed by atoms with Gasteiger partial charge in [0.2, 0.25) is 0 Å². The molecule has 2 nitrogen and oxygen atoms in total. The first-order valence-corrected chi connectivity index (χ1v) is 6.23. The minimum absolute atomic E-state index is 0.650. The maximum Gasteiger partial charge on any atom is 0.0717 e. The molecule has 1 rings (SSSR count). The van der Waals surface area contributed by atoms with Crippen molar-refractivity contribution in [1.29, 1.82) is 0 Å². The van der Waals surface area contributed by atoms with Gasteiger partial charge in [0.1, 0.15) is 0 Å². The third kappa shape index (κ3) is 6.11. The van der Waals surface area contributed by atoms with Gasteiger partial charge in [-0.1, -0.05) is 36.6 Å². The van der Waals surface area contributed by atoms with Gasteiger partial charge in [0.05, 0.1) is 6.61 Å². The van der Waals surface area contributed by atoms with Crippen LogP contribution in [0, 0.1) is 0 Å². The number of hydrogen-bond acceptors (Lipinski definition) is 2. The van der Waals surface area contributed by atoms with Crippen molar-refractivity contribution in [3.63, 3.8) is 0 Å². The van der Waals surface area contributed by atoms with Crippen LogP contribution >= 0.6 is 11.6 Å². The molecule has 90 valence electrons. The Morgan fingerprint density at radius 1 is 1.12 bits per heavy atom. The summed E-state index contributed by atoms with van der Waals surface area (Å²) in [6.07, 6.45) is 4.64. The Kier molecular flexibility index (Phi) is 7.23. The molecule has 0 heterocycles. The highest BCUT2D eigenvalue weighted by Gasteiger charge is 1.95. The molecule has 0 aliphatic carbocycles. The van der Waals surface area contributed by atoms with Crippen molar-refractivity contribution in [3.8, 4) is 0 Å². The van der Waals surface area contributed by atoms with Gasteiger partial charge >= 0.3 is 0 Å². The Bertz CT molecular complexity index is 291. The molecule has 0 atom stereocenters. The van der Waals surface area contributed by atoms with E-state index in [4.69, 9.17) is 22.1 Å². The summed E-state index contributed by atoms with van der Waals surface area (Å²) in [5.74, 6) is 0. The number of halogens is 1. The quantitative estimate of drug-likeness (QED) is 0.709. The molecular formula is C13H20ClNO. The zero-order chi connectivity index (χ0) is 11.6. The van der Waals surface area contributed by atoms with Gasteiger partial charge in [0.15, 0.2) is 0 Å². The van der Waals surface area contributed by atoms with Gasteiger partial charge in [-0.05, 0) is 37.1 Å². The smallest absolute Gasteiger partial charge is 0.0717 e. The van der Waals surface area contributed by atoms with Crippen LogP contribution in [0.1, 0.15) is 31.2 Å². The number of nitrogens with two attached hydrogens (primary N) is 1. The molecular weight excluding hydrogens is 222 g/mol. The van der Waals surface area contributed by atoms with E-state index in [1.165, 1.54) is 12.8 Å². The van der Waals surface area contributed by atoms with Crippen LogP contribution in [0.3, 0.4) is 0 Å². The number of unbranched alkanes of at least 4 members (excludes halogenated alkanes) is 3. The van der Waals surface area contributed by atoms with E-state index in [0.29, 0.717) is 6.61 Å². The first kappa shape index (κ1) is 13.5. The molecule has 0 aliphatic rings. The zero-order valence-corrected chi connectivity index (χ0v) is 10.4. The molecule has 0 spiro atoms. The molecule has 3 heteroatoms. The number of ether oxygens (including phenoxy) is 1. The Morgan fingerprint density at radius 2 is 1.94 bits per heavy atom. The third-order valence-electron chi connectivity index (χ3n) is 2.40. The molecule has 0 radical (unpaired) electrons. The lowest BCUT2D eigenvalue weighted by Crippen LogP contribution is -1.99. The summed E-state index contributed by atoms with van der Waals surface area (Å²) in [5, 5.41) is 0.768. The van der Waals surface area contributed by atoms with Crippen molar-refractivity contribution in [1.82, 2.24) is 0 Å². The minimum atomic E-state index is 0.650. The van der Waals surface area contributed by atoms with Gasteiger partial charge in [-0.2, -0.15) is 0 Å². The molecule has 0 fully saturated rings. The Labute approximate surface area is 103 Å². The lowest BCUT2D eigenvalue weighted by Gasteiger charge is -2.04. The highest BCUT2D eigenvalue weighted by molar-refractivity contribution is 6.30. The van der Waals surface area contributed by atoms with Crippen LogP contribution in [0.15, 0.2) is 24.3 Å². The van der Waals surface area contributed by atoms with Crippen LogP contribution in [0.2, 0.25) is 5.02 Å². The molecule has 2 N–H and O–H groups in total. The largest absolute Gasteiger partial charge is 0.377 e. The van der Waals surface area contributed by atoms with E-state index in [9.17, 15) is 0 Å². The summed E-state index contributed by atoms with van der Waals surface area (Å²) in [7, 11) is 0. The highest BCUT2D eigenvalue weighted by atomic mass is 35.5. The highest BCUT2D eigenvalue weighted by Crippen LogP contribution is 2.11. The monoisotopic (exact) mass is 241 g/mol. The van der Waals surface area contributed by atoms with Crippen LogP contribution in [-0.4, -0.2) is 13.2 Å². The van der Waals surface area contributed by atoms with E-state index in [1.807, 2.05) is 24.3 Å². The van der Waals surface area contributed by atoms with E-state index < -0.39 is 0 Å². The number of rotatable bonds is 8. The molecule has 0 saturated heterocycles. The van der Waals surface area contributed by atoms with Gasteiger partial charge in [0, 0.05) is 11.6 Å². The lowest BCUT2D eigenvalue weighted by molar-refractivity contribution is 0.117. The summed E-state index contributed by atoms with van der Waals surface area (Å²) in [6, 6.07) is 7.79. The molecule has 1 aromatic rings. The second kappa shape index (κ2) is 8.57. The van der Waals surface area contributed by atoms with Crippen LogP contribution in [0.4, 0.5) is 0 Å². The molecule has 16 heavy (non-hydrogen) atoms. The topological polar surface area (TPSA) is 35.2 Å².